The molecule has 0 N–H and O–H groups in total. The topological polar surface area (TPSA) is 66.9 Å². The molecule has 0 aromatic heterocycles. The van der Waals surface area contributed by atoms with Crippen LogP contribution in [0.5, 0.6) is 0 Å². The molecule has 0 amide bonds. The molecule has 0 unspecified atom stereocenters. The van der Waals surface area contributed by atoms with Crippen molar-refractivity contribution >= 4 is 17.3 Å². The zero-order valence-corrected chi connectivity index (χ0v) is 11.6. The molecule has 21 heavy (non-hydrogen) atoms. The zero-order chi connectivity index (χ0) is 15.2. The van der Waals surface area contributed by atoms with Crippen LogP contribution in [-0.2, 0) is 6.42 Å². The van der Waals surface area contributed by atoms with Gasteiger partial charge in [0.15, 0.2) is 0 Å². The van der Waals surface area contributed by atoms with Crippen LogP contribution in [0.4, 0.5) is 5.69 Å². The third-order valence-corrected chi connectivity index (χ3v) is 3.19. The Morgan fingerprint density at radius 1 is 1.29 bits per heavy atom. The van der Waals surface area contributed by atoms with E-state index in [9.17, 15) is 15.4 Å². The summed E-state index contributed by atoms with van der Waals surface area (Å²) in [4.78, 5) is 10.3. The van der Waals surface area contributed by atoms with Crippen molar-refractivity contribution < 1.29 is 4.92 Å². The first-order valence-corrected chi connectivity index (χ1v) is 6.59. The maximum absolute atomic E-state index is 10.8. The van der Waals surface area contributed by atoms with Gasteiger partial charge in [0.1, 0.15) is 0 Å². The van der Waals surface area contributed by atoms with Gasteiger partial charge < -0.3 is 0 Å². The van der Waals surface area contributed by atoms with E-state index < -0.39 is 4.92 Å². The lowest BCUT2D eigenvalue weighted by molar-refractivity contribution is -0.384. The molecular weight excluding hydrogens is 264 g/mol. The molecule has 0 aliphatic rings. The van der Waals surface area contributed by atoms with Crippen molar-refractivity contribution in [1.29, 1.82) is 5.26 Å². The number of nitrogens with zero attached hydrogens (tertiary/aromatic N) is 2. The van der Waals surface area contributed by atoms with E-state index in [-0.39, 0.29) is 5.69 Å². The summed E-state index contributed by atoms with van der Waals surface area (Å²) >= 11 is 0. The molecule has 0 atom stereocenters. The van der Waals surface area contributed by atoms with E-state index in [0.29, 0.717) is 11.1 Å². The van der Waals surface area contributed by atoms with Crippen LogP contribution in [-0.4, -0.2) is 4.92 Å². The number of aryl methyl sites for hydroxylation is 1. The summed E-state index contributed by atoms with van der Waals surface area (Å²) in [5.41, 5.74) is 3.06. The fraction of sp³-hybridized carbons (Fsp3) is 0.118. The Morgan fingerprint density at radius 3 is 2.57 bits per heavy atom. The van der Waals surface area contributed by atoms with Gasteiger partial charge in [0, 0.05) is 12.1 Å². The Hall–Kier alpha value is -2.93. The van der Waals surface area contributed by atoms with Gasteiger partial charge >= 0.3 is 0 Å². The van der Waals surface area contributed by atoms with Gasteiger partial charge in [-0.3, -0.25) is 10.1 Å². The number of nitro groups is 1. The molecule has 0 spiro atoms. The molecule has 0 aliphatic carbocycles. The third-order valence-electron chi connectivity index (χ3n) is 3.19. The first kappa shape index (κ1) is 14.5. The van der Waals surface area contributed by atoms with Crippen molar-refractivity contribution in [2.24, 2.45) is 0 Å². The lowest BCUT2D eigenvalue weighted by atomic mass is 10.0. The van der Waals surface area contributed by atoms with E-state index in [1.807, 2.05) is 24.3 Å². The Balaban J connectivity index is 2.38. The SMILES string of the molecule is CCc1ccc(C=C(C#N)c2cccc([N+](=O)[O-])c2)cc1. The van der Waals surface area contributed by atoms with Gasteiger partial charge in [-0.15, -0.1) is 0 Å². The summed E-state index contributed by atoms with van der Waals surface area (Å²) in [6, 6.07) is 16.1. The van der Waals surface area contributed by atoms with Crippen molar-refractivity contribution in [2.45, 2.75) is 13.3 Å². The minimum Gasteiger partial charge on any atom is -0.258 e. The maximum Gasteiger partial charge on any atom is 0.270 e. The molecule has 2 aromatic rings. The predicted octanol–water partition coefficient (Wildman–Crippen LogP) is 4.22. The lowest BCUT2D eigenvalue weighted by Gasteiger charge is -2.01. The molecule has 0 heterocycles. The van der Waals surface area contributed by atoms with E-state index in [1.54, 1.807) is 18.2 Å². The van der Waals surface area contributed by atoms with Crippen molar-refractivity contribution in [1.82, 2.24) is 0 Å². The highest BCUT2D eigenvalue weighted by Gasteiger charge is 2.08. The van der Waals surface area contributed by atoms with E-state index >= 15 is 0 Å². The average Bonchev–Trinajstić information content (AvgIpc) is 2.53. The molecule has 0 fully saturated rings. The summed E-state index contributed by atoms with van der Waals surface area (Å²) in [6.45, 7) is 2.08. The van der Waals surface area contributed by atoms with Gasteiger partial charge in [-0.25, -0.2) is 0 Å². The van der Waals surface area contributed by atoms with Crippen molar-refractivity contribution in [3.63, 3.8) is 0 Å². The second kappa shape index (κ2) is 6.49. The number of nitro benzene ring substituents is 1. The van der Waals surface area contributed by atoms with Crippen LogP contribution in [0, 0.1) is 21.4 Å². The predicted molar refractivity (Wildman–Crippen MR) is 82.4 cm³/mol. The molecule has 0 radical (unpaired) electrons. The third kappa shape index (κ3) is 3.54. The van der Waals surface area contributed by atoms with Gasteiger partial charge in [-0.2, -0.15) is 5.26 Å². The van der Waals surface area contributed by atoms with E-state index in [4.69, 9.17) is 0 Å². The smallest absolute Gasteiger partial charge is 0.258 e. The number of hydrogen-bond acceptors (Lipinski definition) is 3. The summed E-state index contributed by atoms with van der Waals surface area (Å²) in [5, 5.41) is 20.1. The largest absolute Gasteiger partial charge is 0.270 e. The first-order valence-electron chi connectivity index (χ1n) is 6.59. The van der Waals surface area contributed by atoms with Crippen molar-refractivity contribution in [2.75, 3.05) is 0 Å². The number of allylic oxidation sites excluding steroid dienone is 1. The second-order valence-corrected chi connectivity index (χ2v) is 4.57. The molecule has 0 saturated heterocycles. The van der Waals surface area contributed by atoms with Gasteiger partial charge in [0.05, 0.1) is 16.6 Å². The highest BCUT2D eigenvalue weighted by atomic mass is 16.6. The van der Waals surface area contributed by atoms with Gasteiger partial charge in [0.2, 0.25) is 0 Å². The van der Waals surface area contributed by atoms with Gasteiger partial charge in [-0.1, -0.05) is 43.3 Å². The number of nitriles is 1. The molecule has 0 bridgehead atoms. The molecule has 4 nitrogen and oxygen atoms in total. The van der Waals surface area contributed by atoms with Crippen LogP contribution in [0.25, 0.3) is 11.6 Å². The second-order valence-electron chi connectivity index (χ2n) is 4.57. The number of benzene rings is 2. The van der Waals surface area contributed by atoms with Crippen LogP contribution in [0.15, 0.2) is 48.5 Å². The quantitative estimate of drug-likeness (QED) is 0.364. The number of non-ortho nitro benzene ring substituents is 1. The lowest BCUT2D eigenvalue weighted by Crippen LogP contribution is -1.89. The average molecular weight is 278 g/mol. The number of hydrogen-bond donors (Lipinski definition) is 0. The van der Waals surface area contributed by atoms with Crippen molar-refractivity contribution in [3.8, 4) is 6.07 Å². The van der Waals surface area contributed by atoms with Crippen LogP contribution in [0.2, 0.25) is 0 Å². The summed E-state index contributed by atoms with van der Waals surface area (Å²) in [5.74, 6) is 0. The molecule has 0 saturated carbocycles. The Labute approximate surface area is 123 Å². The van der Waals surface area contributed by atoms with Crippen LogP contribution in [0.3, 0.4) is 0 Å². The van der Waals surface area contributed by atoms with Crippen LogP contribution >= 0.6 is 0 Å². The van der Waals surface area contributed by atoms with Crippen LogP contribution in [0.1, 0.15) is 23.6 Å². The standard InChI is InChI=1S/C17H14N2O2/c1-2-13-6-8-14(9-7-13)10-16(12-18)15-4-3-5-17(11-15)19(20)21/h3-11H,2H2,1H3. The summed E-state index contributed by atoms with van der Waals surface area (Å²) in [6.07, 6.45) is 2.69. The highest BCUT2D eigenvalue weighted by molar-refractivity contribution is 5.90. The Morgan fingerprint density at radius 2 is 2.00 bits per heavy atom. The summed E-state index contributed by atoms with van der Waals surface area (Å²) < 4.78 is 0. The first-order chi connectivity index (χ1) is 10.1. The Kier molecular flexibility index (Phi) is 4.47. The van der Waals surface area contributed by atoms with E-state index in [2.05, 4.69) is 13.0 Å². The maximum atomic E-state index is 10.8. The van der Waals surface area contributed by atoms with E-state index in [0.717, 1.165) is 12.0 Å². The molecule has 0 aliphatic heterocycles. The molecule has 2 aromatic carbocycles. The van der Waals surface area contributed by atoms with E-state index in [1.165, 1.54) is 17.7 Å². The van der Waals surface area contributed by atoms with Crippen LogP contribution < -0.4 is 0 Å². The fourth-order valence-corrected chi connectivity index (χ4v) is 1.98. The van der Waals surface area contributed by atoms with Gasteiger partial charge in [0.25, 0.3) is 5.69 Å². The Bertz CT molecular complexity index is 725. The minimum atomic E-state index is -0.464. The minimum absolute atomic E-state index is 0.0185. The van der Waals surface area contributed by atoms with Crippen molar-refractivity contribution in [3.05, 3.63) is 75.3 Å². The molecule has 4 heteroatoms. The van der Waals surface area contributed by atoms with Gasteiger partial charge in [-0.05, 0) is 29.2 Å². The number of rotatable bonds is 4. The molecule has 104 valence electrons. The molecule has 2 rings (SSSR count). The molecular formula is C17H14N2O2. The fourth-order valence-electron chi connectivity index (χ4n) is 1.98. The monoisotopic (exact) mass is 278 g/mol. The zero-order valence-electron chi connectivity index (χ0n) is 11.6. The normalized spacial score (nSPS) is 11.0. The summed E-state index contributed by atoms with van der Waals surface area (Å²) in [7, 11) is 0. The highest BCUT2D eigenvalue weighted by Crippen LogP contribution is 2.22.